The monoisotopic (exact) mass is 282 g/mol. The van der Waals surface area contributed by atoms with Gasteiger partial charge in [-0.2, -0.15) is 10.2 Å². The average molecular weight is 282 g/mol. The van der Waals surface area contributed by atoms with Crippen LogP contribution < -0.4 is 10.6 Å². The van der Waals surface area contributed by atoms with Crippen LogP contribution >= 0.6 is 0 Å². The molecule has 1 fully saturated rings. The van der Waals surface area contributed by atoms with E-state index in [4.69, 9.17) is 0 Å². The van der Waals surface area contributed by atoms with Crippen molar-refractivity contribution in [3.63, 3.8) is 0 Å². The molecular formula is C16H18N4O. The zero-order chi connectivity index (χ0) is 14.9. The molecule has 1 heterocycles. The smallest absolute Gasteiger partial charge is 0.320 e. The quantitative estimate of drug-likeness (QED) is 0.909. The number of aromatic nitrogens is 2. The van der Waals surface area contributed by atoms with Crippen molar-refractivity contribution < 1.29 is 4.79 Å². The van der Waals surface area contributed by atoms with Gasteiger partial charge in [0, 0.05) is 0 Å². The van der Waals surface area contributed by atoms with E-state index in [-0.39, 0.29) is 17.0 Å². The standard InChI is InChI=1S/C16H18N4O/c1-15(2)11-16(15,12-6-4-3-5-7-12)20-14(21)19-13-8-9-17-18-10-13/h3-10H,11H2,1-2H3,(H2,17,19,20,21)/t16-/m1/s1. The Morgan fingerprint density at radius 2 is 1.86 bits per heavy atom. The van der Waals surface area contributed by atoms with Gasteiger partial charge in [-0.05, 0) is 23.5 Å². The van der Waals surface area contributed by atoms with Gasteiger partial charge >= 0.3 is 6.03 Å². The number of hydrogen-bond donors (Lipinski definition) is 2. The van der Waals surface area contributed by atoms with Crippen molar-refractivity contribution in [2.24, 2.45) is 5.41 Å². The Morgan fingerprint density at radius 3 is 2.43 bits per heavy atom. The van der Waals surface area contributed by atoms with Gasteiger partial charge in [0.15, 0.2) is 0 Å². The van der Waals surface area contributed by atoms with Crippen LogP contribution in [0.4, 0.5) is 10.5 Å². The average Bonchev–Trinajstić information content (AvgIpc) is 3.03. The Balaban J connectivity index is 1.77. The van der Waals surface area contributed by atoms with Crippen molar-refractivity contribution in [3.05, 3.63) is 54.4 Å². The van der Waals surface area contributed by atoms with Gasteiger partial charge in [-0.25, -0.2) is 4.79 Å². The number of carbonyl (C=O) groups is 1. The fourth-order valence-corrected chi connectivity index (χ4v) is 2.84. The van der Waals surface area contributed by atoms with Crippen molar-refractivity contribution in [1.82, 2.24) is 15.5 Å². The van der Waals surface area contributed by atoms with Gasteiger partial charge in [0.2, 0.25) is 0 Å². The Kier molecular flexibility index (Phi) is 3.12. The maximum absolute atomic E-state index is 12.3. The molecule has 1 aromatic carbocycles. The SMILES string of the molecule is CC1(C)C[C@@]1(NC(=O)Nc1ccnnc1)c1ccccc1. The third-order valence-electron chi connectivity index (χ3n) is 4.17. The topological polar surface area (TPSA) is 66.9 Å². The Labute approximate surface area is 123 Å². The minimum Gasteiger partial charge on any atom is -0.328 e. The largest absolute Gasteiger partial charge is 0.328 e. The molecule has 1 atom stereocenters. The van der Waals surface area contributed by atoms with Crippen LogP contribution in [-0.4, -0.2) is 16.2 Å². The highest BCUT2D eigenvalue weighted by Gasteiger charge is 2.63. The molecular weight excluding hydrogens is 264 g/mol. The molecule has 1 aliphatic carbocycles. The van der Waals surface area contributed by atoms with Crippen molar-refractivity contribution >= 4 is 11.7 Å². The summed E-state index contributed by atoms with van der Waals surface area (Å²) >= 11 is 0. The van der Waals surface area contributed by atoms with E-state index in [0.29, 0.717) is 5.69 Å². The highest BCUT2D eigenvalue weighted by Crippen LogP contribution is 2.62. The maximum Gasteiger partial charge on any atom is 0.320 e. The van der Waals surface area contributed by atoms with Crippen molar-refractivity contribution in [2.45, 2.75) is 25.8 Å². The highest BCUT2D eigenvalue weighted by molar-refractivity contribution is 5.90. The molecule has 0 aliphatic heterocycles. The summed E-state index contributed by atoms with van der Waals surface area (Å²) in [4.78, 5) is 12.3. The fraction of sp³-hybridized carbons (Fsp3) is 0.312. The van der Waals surface area contributed by atoms with Gasteiger partial charge in [0.05, 0.1) is 23.6 Å². The molecule has 2 amide bonds. The predicted octanol–water partition coefficient (Wildman–Crippen LogP) is 2.92. The first-order valence-electron chi connectivity index (χ1n) is 6.95. The lowest BCUT2D eigenvalue weighted by Crippen LogP contribution is -2.41. The number of carbonyl (C=O) groups excluding carboxylic acids is 1. The number of benzene rings is 1. The molecule has 0 bridgehead atoms. The van der Waals surface area contributed by atoms with E-state index in [1.807, 2.05) is 18.2 Å². The van der Waals surface area contributed by atoms with E-state index >= 15 is 0 Å². The second kappa shape index (κ2) is 4.84. The number of nitrogens with zero attached hydrogens (tertiary/aromatic N) is 2. The van der Waals surface area contributed by atoms with Crippen LogP contribution in [0.2, 0.25) is 0 Å². The third kappa shape index (κ3) is 2.46. The molecule has 1 aromatic heterocycles. The van der Waals surface area contributed by atoms with Crippen molar-refractivity contribution in [1.29, 1.82) is 0 Å². The van der Waals surface area contributed by atoms with E-state index in [0.717, 1.165) is 12.0 Å². The lowest BCUT2D eigenvalue weighted by Gasteiger charge is -2.23. The van der Waals surface area contributed by atoms with Gasteiger partial charge in [0.25, 0.3) is 0 Å². The summed E-state index contributed by atoms with van der Waals surface area (Å²) in [7, 11) is 0. The second-order valence-corrected chi connectivity index (χ2v) is 6.04. The summed E-state index contributed by atoms with van der Waals surface area (Å²) in [6.45, 7) is 4.32. The van der Waals surface area contributed by atoms with Gasteiger partial charge in [-0.15, -0.1) is 0 Å². The molecule has 0 unspecified atom stereocenters. The molecule has 0 spiro atoms. The number of hydrogen-bond acceptors (Lipinski definition) is 3. The summed E-state index contributed by atoms with van der Waals surface area (Å²) in [6.07, 6.45) is 3.99. The first-order chi connectivity index (χ1) is 10.0. The van der Waals surface area contributed by atoms with Gasteiger partial charge < -0.3 is 10.6 Å². The van der Waals surface area contributed by atoms with Crippen LogP contribution in [0.15, 0.2) is 48.8 Å². The van der Waals surface area contributed by atoms with Crippen LogP contribution in [0, 0.1) is 5.41 Å². The Hall–Kier alpha value is -2.43. The zero-order valence-electron chi connectivity index (χ0n) is 12.1. The summed E-state index contributed by atoms with van der Waals surface area (Å²) in [5, 5.41) is 13.3. The number of amides is 2. The second-order valence-electron chi connectivity index (χ2n) is 6.04. The van der Waals surface area contributed by atoms with E-state index in [2.05, 4.69) is 46.8 Å². The summed E-state index contributed by atoms with van der Waals surface area (Å²) < 4.78 is 0. The molecule has 3 rings (SSSR count). The maximum atomic E-state index is 12.3. The summed E-state index contributed by atoms with van der Waals surface area (Å²) in [5.74, 6) is 0. The summed E-state index contributed by atoms with van der Waals surface area (Å²) in [5.41, 5.74) is 1.50. The van der Waals surface area contributed by atoms with Crippen LogP contribution in [-0.2, 0) is 5.54 Å². The molecule has 5 heteroatoms. The first kappa shape index (κ1) is 13.5. The van der Waals surface area contributed by atoms with E-state index in [1.54, 1.807) is 12.3 Å². The lowest BCUT2D eigenvalue weighted by atomic mass is 9.96. The molecule has 108 valence electrons. The fourth-order valence-electron chi connectivity index (χ4n) is 2.84. The van der Waals surface area contributed by atoms with Gasteiger partial charge in [0.1, 0.15) is 0 Å². The molecule has 5 nitrogen and oxygen atoms in total. The molecule has 1 saturated carbocycles. The molecule has 2 aromatic rings. The van der Waals surface area contributed by atoms with Crippen molar-refractivity contribution in [2.75, 3.05) is 5.32 Å². The van der Waals surface area contributed by atoms with E-state index in [9.17, 15) is 4.79 Å². The van der Waals surface area contributed by atoms with E-state index < -0.39 is 0 Å². The zero-order valence-corrected chi connectivity index (χ0v) is 12.1. The number of anilines is 1. The number of urea groups is 1. The Morgan fingerprint density at radius 1 is 1.14 bits per heavy atom. The number of nitrogens with one attached hydrogen (secondary N) is 2. The van der Waals surface area contributed by atoms with Crippen LogP contribution in [0.1, 0.15) is 25.8 Å². The Bertz CT molecular complexity index is 642. The molecule has 21 heavy (non-hydrogen) atoms. The third-order valence-corrected chi connectivity index (χ3v) is 4.17. The normalized spacial score (nSPS) is 22.4. The van der Waals surface area contributed by atoms with Crippen molar-refractivity contribution in [3.8, 4) is 0 Å². The molecule has 1 aliphatic rings. The lowest BCUT2D eigenvalue weighted by molar-refractivity contribution is 0.244. The minimum atomic E-state index is -0.307. The molecule has 0 saturated heterocycles. The van der Waals surface area contributed by atoms with Crippen LogP contribution in [0.25, 0.3) is 0 Å². The molecule has 0 radical (unpaired) electrons. The van der Waals surface area contributed by atoms with Crippen LogP contribution in [0.5, 0.6) is 0 Å². The van der Waals surface area contributed by atoms with E-state index in [1.165, 1.54) is 6.20 Å². The first-order valence-corrected chi connectivity index (χ1v) is 6.95. The number of rotatable bonds is 3. The summed E-state index contributed by atoms with van der Waals surface area (Å²) in [6, 6.07) is 11.6. The van der Waals surface area contributed by atoms with Gasteiger partial charge in [-0.1, -0.05) is 44.2 Å². The van der Waals surface area contributed by atoms with Crippen LogP contribution in [0.3, 0.4) is 0 Å². The highest BCUT2D eigenvalue weighted by atomic mass is 16.2. The van der Waals surface area contributed by atoms with Gasteiger partial charge in [-0.3, -0.25) is 0 Å². The minimum absolute atomic E-state index is 0.0438. The predicted molar refractivity (Wildman–Crippen MR) is 80.7 cm³/mol. The molecule has 2 N–H and O–H groups in total.